The van der Waals surface area contributed by atoms with Gasteiger partial charge in [0.1, 0.15) is 5.75 Å². The van der Waals surface area contributed by atoms with Crippen molar-refractivity contribution in [3.8, 4) is 5.75 Å². The Kier molecular flexibility index (Phi) is 6.03. The van der Waals surface area contributed by atoms with Gasteiger partial charge in [-0.1, -0.05) is 0 Å². The number of piperazine rings is 1. The third-order valence-corrected chi connectivity index (χ3v) is 6.82. The lowest BCUT2D eigenvalue weighted by Gasteiger charge is -2.45. The van der Waals surface area contributed by atoms with Crippen molar-refractivity contribution in [1.82, 2.24) is 9.21 Å². The van der Waals surface area contributed by atoms with Gasteiger partial charge in [-0.25, -0.2) is 8.42 Å². The first-order chi connectivity index (χ1) is 12.7. The summed E-state index contributed by atoms with van der Waals surface area (Å²) in [5.74, 6) is -1.02. The van der Waals surface area contributed by atoms with Gasteiger partial charge in [0.25, 0.3) is 5.91 Å². The van der Waals surface area contributed by atoms with Crippen LogP contribution in [0.5, 0.6) is 5.75 Å². The molecule has 1 saturated heterocycles. The molecule has 1 aromatic rings. The van der Waals surface area contributed by atoms with Crippen LogP contribution in [0.4, 0.5) is 13.2 Å². The average molecular weight is 424 g/mol. The van der Waals surface area contributed by atoms with Crippen LogP contribution in [0.2, 0.25) is 0 Å². The molecule has 0 aromatic heterocycles. The van der Waals surface area contributed by atoms with Gasteiger partial charge < -0.3 is 14.7 Å². The van der Waals surface area contributed by atoms with Crippen molar-refractivity contribution in [1.29, 1.82) is 0 Å². The summed E-state index contributed by atoms with van der Waals surface area (Å²) in [4.78, 5) is 13.2. The normalized spacial score (nSPS) is 23.9. The Morgan fingerprint density at radius 3 is 2.14 bits per heavy atom. The van der Waals surface area contributed by atoms with Gasteiger partial charge in [-0.3, -0.25) is 4.79 Å². The fourth-order valence-corrected chi connectivity index (χ4v) is 4.70. The molecule has 1 aromatic carbocycles. The molecule has 1 aliphatic rings. The number of nitrogens with zero attached hydrogens (tertiary/aromatic N) is 2. The Morgan fingerprint density at radius 2 is 1.68 bits per heavy atom. The van der Waals surface area contributed by atoms with E-state index in [1.807, 2.05) is 0 Å². The Hall–Kier alpha value is -1.85. The van der Waals surface area contributed by atoms with E-state index >= 15 is 0 Å². The highest BCUT2D eigenvalue weighted by Gasteiger charge is 2.58. The molecule has 1 aliphatic heterocycles. The molecule has 158 valence electrons. The molecule has 3 atom stereocenters. The van der Waals surface area contributed by atoms with Gasteiger partial charge in [0.2, 0.25) is 15.6 Å². The molecule has 1 heterocycles. The number of hydrogen-bond donors (Lipinski definition) is 1. The highest BCUT2D eigenvalue weighted by atomic mass is 32.2. The summed E-state index contributed by atoms with van der Waals surface area (Å²) in [6, 6.07) is 4.08. The smallest absolute Gasteiger partial charge is 0.426 e. The van der Waals surface area contributed by atoms with Crippen LogP contribution in [0.1, 0.15) is 20.8 Å². The van der Waals surface area contributed by atoms with E-state index in [4.69, 9.17) is 4.74 Å². The Bertz CT molecular complexity index is 824. The Balaban J connectivity index is 2.26. The number of carbonyl (C=O) groups excluding carboxylic acids is 1. The summed E-state index contributed by atoms with van der Waals surface area (Å²) in [7, 11) is -2.48. The van der Waals surface area contributed by atoms with Crippen molar-refractivity contribution in [2.45, 2.75) is 49.5 Å². The molecule has 0 radical (unpaired) electrons. The van der Waals surface area contributed by atoms with E-state index in [2.05, 4.69) is 0 Å². The summed E-state index contributed by atoms with van der Waals surface area (Å²) in [5, 5.41) is 9.67. The summed E-state index contributed by atoms with van der Waals surface area (Å²) in [5.41, 5.74) is -3.54. The molecule has 2 rings (SSSR count). The number of aliphatic hydroxyl groups is 1. The SMILES string of the molecule is COc1ccc(S(=O)(=O)N2C[C@H](C)N(C(=O)[C@@](C)(O)C(F)(F)F)C[C@H]2C)cc1. The van der Waals surface area contributed by atoms with E-state index in [0.717, 1.165) is 9.21 Å². The molecular weight excluding hydrogens is 401 g/mol. The lowest BCUT2D eigenvalue weighted by molar-refractivity contribution is -0.251. The first-order valence-electron chi connectivity index (χ1n) is 8.49. The number of halogens is 3. The number of sulfonamides is 1. The maximum Gasteiger partial charge on any atom is 0.426 e. The summed E-state index contributed by atoms with van der Waals surface area (Å²) < 4.78 is 71.0. The summed E-state index contributed by atoms with van der Waals surface area (Å²) in [6.07, 6.45) is -5.14. The molecule has 0 bridgehead atoms. The first kappa shape index (κ1) is 22.4. The van der Waals surface area contributed by atoms with E-state index in [0.29, 0.717) is 12.7 Å². The monoisotopic (exact) mass is 424 g/mol. The molecule has 1 fully saturated rings. The van der Waals surface area contributed by atoms with Gasteiger partial charge in [0.05, 0.1) is 12.0 Å². The highest BCUT2D eigenvalue weighted by Crippen LogP contribution is 2.34. The van der Waals surface area contributed by atoms with E-state index in [1.54, 1.807) is 0 Å². The number of carbonyl (C=O) groups is 1. The molecule has 0 unspecified atom stereocenters. The number of hydrogen-bond acceptors (Lipinski definition) is 5. The van der Waals surface area contributed by atoms with Crippen LogP contribution in [0.15, 0.2) is 29.2 Å². The second kappa shape index (κ2) is 7.53. The number of rotatable bonds is 4. The highest BCUT2D eigenvalue weighted by molar-refractivity contribution is 7.89. The van der Waals surface area contributed by atoms with E-state index in [-0.39, 0.29) is 18.0 Å². The van der Waals surface area contributed by atoms with Gasteiger partial charge in [0, 0.05) is 25.2 Å². The van der Waals surface area contributed by atoms with Crippen LogP contribution in [-0.2, 0) is 14.8 Å². The second-order valence-electron chi connectivity index (χ2n) is 6.98. The predicted octanol–water partition coefficient (Wildman–Crippen LogP) is 1.62. The van der Waals surface area contributed by atoms with Crippen molar-refractivity contribution in [3.05, 3.63) is 24.3 Å². The van der Waals surface area contributed by atoms with Crippen molar-refractivity contribution < 1.29 is 36.2 Å². The number of alkyl halides is 3. The van der Waals surface area contributed by atoms with Crippen molar-refractivity contribution in [2.24, 2.45) is 0 Å². The minimum absolute atomic E-state index is 0.00872. The van der Waals surface area contributed by atoms with Crippen LogP contribution in [0, 0.1) is 0 Å². The summed E-state index contributed by atoms with van der Waals surface area (Å²) in [6.45, 7) is 2.85. The zero-order valence-corrected chi connectivity index (χ0v) is 16.7. The number of methoxy groups -OCH3 is 1. The van der Waals surface area contributed by atoms with Crippen LogP contribution in [0.3, 0.4) is 0 Å². The number of amides is 1. The number of ether oxygens (including phenoxy) is 1. The van der Waals surface area contributed by atoms with E-state index < -0.39 is 39.8 Å². The third kappa shape index (κ3) is 3.96. The van der Waals surface area contributed by atoms with Crippen molar-refractivity contribution >= 4 is 15.9 Å². The van der Waals surface area contributed by atoms with Crippen molar-refractivity contribution in [3.63, 3.8) is 0 Å². The van der Waals surface area contributed by atoms with Crippen LogP contribution in [-0.4, -0.2) is 72.7 Å². The molecule has 11 heteroatoms. The molecule has 1 amide bonds. The summed E-state index contributed by atoms with van der Waals surface area (Å²) >= 11 is 0. The third-order valence-electron chi connectivity index (χ3n) is 4.82. The quantitative estimate of drug-likeness (QED) is 0.794. The van der Waals surface area contributed by atoms with Gasteiger partial charge in [-0.2, -0.15) is 17.5 Å². The molecule has 1 N–H and O–H groups in total. The predicted molar refractivity (Wildman–Crippen MR) is 94.2 cm³/mol. The topological polar surface area (TPSA) is 87.2 Å². The van der Waals surface area contributed by atoms with Gasteiger partial charge in [0.15, 0.2) is 0 Å². The molecular formula is C17H23F3N2O5S. The standard InChI is InChI=1S/C17H23F3N2O5S/c1-11-10-22(28(25,26)14-7-5-13(27-4)6-8-14)12(2)9-21(11)15(23)16(3,24)17(18,19)20/h5-8,11-12,24H,9-10H2,1-4H3/t11-,12+,16+/m0/s1. The van der Waals surface area contributed by atoms with Crippen LogP contribution < -0.4 is 4.74 Å². The maximum atomic E-state index is 13.0. The average Bonchev–Trinajstić information content (AvgIpc) is 2.61. The molecule has 0 spiro atoms. The minimum atomic E-state index is -5.14. The van der Waals surface area contributed by atoms with Gasteiger partial charge >= 0.3 is 6.18 Å². The van der Waals surface area contributed by atoms with Crippen molar-refractivity contribution in [2.75, 3.05) is 20.2 Å². The first-order valence-corrected chi connectivity index (χ1v) is 9.93. The maximum absolute atomic E-state index is 13.0. The van der Waals surface area contributed by atoms with Gasteiger partial charge in [-0.05, 0) is 45.0 Å². The minimum Gasteiger partial charge on any atom is -0.497 e. The zero-order chi connectivity index (χ0) is 21.5. The molecule has 0 aliphatic carbocycles. The Labute approximate surface area is 161 Å². The molecule has 0 saturated carbocycles. The fraction of sp³-hybridized carbons (Fsp3) is 0.588. The van der Waals surface area contributed by atoms with Crippen LogP contribution in [0.25, 0.3) is 0 Å². The number of benzene rings is 1. The van der Waals surface area contributed by atoms with Crippen LogP contribution >= 0.6 is 0 Å². The van der Waals surface area contributed by atoms with E-state index in [9.17, 15) is 31.5 Å². The largest absolute Gasteiger partial charge is 0.497 e. The van der Waals surface area contributed by atoms with Gasteiger partial charge in [-0.15, -0.1) is 0 Å². The molecule has 7 nitrogen and oxygen atoms in total. The Morgan fingerprint density at radius 1 is 1.14 bits per heavy atom. The zero-order valence-electron chi connectivity index (χ0n) is 15.9. The van der Waals surface area contributed by atoms with E-state index in [1.165, 1.54) is 45.2 Å². The lowest BCUT2D eigenvalue weighted by atomic mass is 10.0. The lowest BCUT2D eigenvalue weighted by Crippen LogP contribution is -2.65. The fourth-order valence-electron chi connectivity index (χ4n) is 3.00. The second-order valence-corrected chi connectivity index (χ2v) is 8.87. The molecule has 28 heavy (non-hydrogen) atoms.